The first-order chi connectivity index (χ1) is 9.74. The fraction of sp³-hybridized carbons (Fsp3) is 0.933. The van der Waals surface area contributed by atoms with E-state index in [9.17, 15) is 9.90 Å². The highest BCUT2D eigenvalue weighted by atomic mass is 16.3. The molecule has 0 radical (unpaired) electrons. The van der Waals surface area contributed by atoms with Crippen LogP contribution in [-0.2, 0) is 4.79 Å². The van der Waals surface area contributed by atoms with E-state index in [1.807, 2.05) is 4.90 Å². The van der Waals surface area contributed by atoms with E-state index < -0.39 is 0 Å². The Labute approximate surface area is 121 Å². The molecule has 114 valence electrons. The number of nitrogens with one attached hydrogen (secondary N) is 1. The topological polar surface area (TPSA) is 55.8 Å². The first-order valence-corrected chi connectivity index (χ1v) is 8.14. The zero-order chi connectivity index (χ0) is 13.9. The van der Waals surface area contributed by atoms with Crippen LogP contribution in [0.3, 0.4) is 0 Å². The summed E-state index contributed by atoms with van der Waals surface area (Å²) in [5, 5.41) is 13.6. The molecular formula is C15H27N3O2. The lowest BCUT2D eigenvalue weighted by Crippen LogP contribution is -2.41. The summed E-state index contributed by atoms with van der Waals surface area (Å²) in [5.41, 5.74) is 0. The van der Waals surface area contributed by atoms with Crippen molar-refractivity contribution in [2.24, 2.45) is 5.92 Å². The predicted octanol–water partition coefficient (Wildman–Crippen LogP) is 0.0436. The Bertz CT molecular complexity index is 338. The van der Waals surface area contributed by atoms with E-state index in [4.69, 9.17) is 0 Å². The third kappa shape index (κ3) is 3.15. The zero-order valence-electron chi connectivity index (χ0n) is 12.3. The van der Waals surface area contributed by atoms with Gasteiger partial charge in [-0.3, -0.25) is 9.69 Å². The molecule has 0 unspecified atom stereocenters. The minimum atomic E-state index is -0.356. The van der Waals surface area contributed by atoms with Gasteiger partial charge in [0.25, 0.3) is 0 Å². The minimum Gasteiger partial charge on any atom is -0.390 e. The van der Waals surface area contributed by atoms with E-state index in [1.54, 1.807) is 0 Å². The maximum absolute atomic E-state index is 12.4. The van der Waals surface area contributed by atoms with Gasteiger partial charge in [0.05, 0.1) is 12.1 Å². The van der Waals surface area contributed by atoms with Crippen LogP contribution in [0, 0.1) is 5.92 Å². The quantitative estimate of drug-likeness (QED) is 0.767. The Kier molecular flexibility index (Phi) is 4.58. The fourth-order valence-electron chi connectivity index (χ4n) is 3.87. The van der Waals surface area contributed by atoms with Crippen LogP contribution in [0.15, 0.2) is 0 Å². The molecule has 0 aromatic heterocycles. The van der Waals surface area contributed by atoms with Gasteiger partial charge in [-0.1, -0.05) is 0 Å². The number of carbonyl (C=O) groups excluding carboxylic acids is 1. The molecule has 3 aliphatic rings. The standard InChI is InChI=1S/C15H27N3O2/c19-14-11-18(10-13(14)17-7-1-2-8-17)15(20)9-12-3-5-16-6-4-12/h12-14,16,19H,1-11H2/t13-,14-/m0/s1. The number of carbonyl (C=O) groups is 1. The van der Waals surface area contributed by atoms with E-state index in [2.05, 4.69) is 10.2 Å². The highest BCUT2D eigenvalue weighted by Gasteiger charge is 2.38. The normalized spacial score (nSPS) is 33.0. The van der Waals surface area contributed by atoms with Gasteiger partial charge in [-0.25, -0.2) is 0 Å². The SMILES string of the molecule is O=C(CC1CCNCC1)N1C[C@H](O)[C@@H](N2CCCC2)C1. The summed E-state index contributed by atoms with van der Waals surface area (Å²) in [6.45, 7) is 5.50. The van der Waals surface area contributed by atoms with Crippen molar-refractivity contribution in [3.05, 3.63) is 0 Å². The Morgan fingerprint density at radius 3 is 2.55 bits per heavy atom. The van der Waals surface area contributed by atoms with Crippen molar-refractivity contribution in [3.63, 3.8) is 0 Å². The lowest BCUT2D eigenvalue weighted by atomic mass is 9.94. The van der Waals surface area contributed by atoms with Gasteiger partial charge < -0.3 is 15.3 Å². The zero-order valence-corrected chi connectivity index (χ0v) is 12.3. The van der Waals surface area contributed by atoms with Gasteiger partial charge >= 0.3 is 0 Å². The lowest BCUT2D eigenvalue weighted by molar-refractivity contribution is -0.131. The molecular weight excluding hydrogens is 254 g/mol. The minimum absolute atomic E-state index is 0.175. The number of β-amino-alcohol motifs (C(OH)–C–C–N with tert-alkyl or cyclic N) is 1. The highest BCUT2D eigenvalue weighted by Crippen LogP contribution is 2.23. The summed E-state index contributed by atoms with van der Waals surface area (Å²) in [5.74, 6) is 0.782. The Morgan fingerprint density at radius 2 is 1.85 bits per heavy atom. The second kappa shape index (κ2) is 6.41. The van der Waals surface area contributed by atoms with Crippen molar-refractivity contribution in [1.29, 1.82) is 0 Å². The maximum Gasteiger partial charge on any atom is 0.222 e. The summed E-state index contributed by atoms with van der Waals surface area (Å²) >= 11 is 0. The van der Waals surface area contributed by atoms with Crippen molar-refractivity contribution < 1.29 is 9.90 Å². The molecule has 1 amide bonds. The summed E-state index contributed by atoms with van der Waals surface area (Å²) in [7, 11) is 0. The van der Waals surface area contributed by atoms with Crippen LogP contribution in [0.4, 0.5) is 0 Å². The van der Waals surface area contributed by atoms with Gasteiger partial charge in [0, 0.05) is 19.5 Å². The molecule has 3 aliphatic heterocycles. The molecule has 0 spiro atoms. The molecule has 5 nitrogen and oxygen atoms in total. The molecule has 0 aliphatic carbocycles. The number of amides is 1. The summed E-state index contributed by atoms with van der Waals surface area (Å²) in [6, 6.07) is 0.175. The molecule has 5 heteroatoms. The largest absolute Gasteiger partial charge is 0.390 e. The van der Waals surface area contributed by atoms with E-state index in [-0.39, 0.29) is 18.1 Å². The van der Waals surface area contributed by atoms with Crippen LogP contribution in [0.2, 0.25) is 0 Å². The van der Waals surface area contributed by atoms with Crippen LogP contribution in [0.1, 0.15) is 32.1 Å². The van der Waals surface area contributed by atoms with Gasteiger partial charge in [-0.2, -0.15) is 0 Å². The molecule has 3 fully saturated rings. The number of hydrogen-bond acceptors (Lipinski definition) is 4. The first kappa shape index (κ1) is 14.3. The van der Waals surface area contributed by atoms with Crippen LogP contribution in [-0.4, -0.2) is 72.2 Å². The third-order valence-corrected chi connectivity index (χ3v) is 5.14. The average Bonchev–Trinajstić information content (AvgIpc) is 3.08. The van der Waals surface area contributed by atoms with E-state index in [0.717, 1.165) is 45.6 Å². The number of aliphatic hydroxyl groups is 1. The summed E-state index contributed by atoms with van der Waals surface area (Å²) < 4.78 is 0. The van der Waals surface area contributed by atoms with Gasteiger partial charge in [-0.05, 0) is 57.8 Å². The van der Waals surface area contributed by atoms with Crippen molar-refractivity contribution in [3.8, 4) is 0 Å². The third-order valence-electron chi connectivity index (χ3n) is 5.14. The molecule has 3 saturated heterocycles. The molecule has 0 aromatic carbocycles. The summed E-state index contributed by atoms with van der Waals surface area (Å²) in [6.07, 6.45) is 4.99. The van der Waals surface area contributed by atoms with Crippen molar-refractivity contribution >= 4 is 5.91 Å². The lowest BCUT2D eigenvalue weighted by Gasteiger charge is -2.26. The average molecular weight is 281 g/mol. The number of aliphatic hydroxyl groups excluding tert-OH is 1. The molecule has 3 rings (SSSR count). The maximum atomic E-state index is 12.4. The molecule has 3 heterocycles. The van der Waals surface area contributed by atoms with E-state index in [1.165, 1.54) is 12.8 Å². The second-order valence-electron chi connectivity index (χ2n) is 6.57. The Hall–Kier alpha value is -0.650. The van der Waals surface area contributed by atoms with Gasteiger partial charge in [0.15, 0.2) is 0 Å². The Morgan fingerprint density at radius 1 is 1.15 bits per heavy atom. The van der Waals surface area contributed by atoms with Gasteiger partial charge in [-0.15, -0.1) is 0 Å². The van der Waals surface area contributed by atoms with Crippen molar-refractivity contribution in [1.82, 2.24) is 15.1 Å². The first-order valence-electron chi connectivity index (χ1n) is 8.14. The van der Waals surface area contributed by atoms with Crippen LogP contribution >= 0.6 is 0 Å². The molecule has 0 aromatic rings. The Balaban J connectivity index is 1.51. The van der Waals surface area contributed by atoms with Crippen LogP contribution in [0.5, 0.6) is 0 Å². The number of nitrogens with zero attached hydrogens (tertiary/aromatic N) is 2. The second-order valence-corrected chi connectivity index (χ2v) is 6.57. The monoisotopic (exact) mass is 281 g/mol. The smallest absolute Gasteiger partial charge is 0.222 e. The van der Waals surface area contributed by atoms with E-state index >= 15 is 0 Å². The highest BCUT2D eigenvalue weighted by molar-refractivity contribution is 5.77. The van der Waals surface area contributed by atoms with E-state index in [0.29, 0.717) is 18.9 Å². The number of piperidine rings is 1. The number of rotatable bonds is 3. The predicted molar refractivity (Wildman–Crippen MR) is 77.4 cm³/mol. The van der Waals surface area contributed by atoms with Crippen molar-refractivity contribution in [2.45, 2.75) is 44.2 Å². The fourth-order valence-corrected chi connectivity index (χ4v) is 3.87. The van der Waals surface area contributed by atoms with Crippen LogP contribution < -0.4 is 5.32 Å². The number of hydrogen-bond donors (Lipinski definition) is 2. The molecule has 0 saturated carbocycles. The molecule has 2 atom stereocenters. The summed E-state index contributed by atoms with van der Waals surface area (Å²) in [4.78, 5) is 16.7. The van der Waals surface area contributed by atoms with Crippen LogP contribution in [0.25, 0.3) is 0 Å². The number of likely N-dealkylation sites (tertiary alicyclic amines) is 2. The van der Waals surface area contributed by atoms with Gasteiger partial charge in [0.2, 0.25) is 5.91 Å². The molecule has 0 bridgehead atoms. The van der Waals surface area contributed by atoms with Crippen molar-refractivity contribution in [2.75, 3.05) is 39.3 Å². The molecule has 2 N–H and O–H groups in total. The van der Waals surface area contributed by atoms with Gasteiger partial charge in [0.1, 0.15) is 0 Å². The molecule has 20 heavy (non-hydrogen) atoms.